The smallest absolute Gasteiger partial charge is 0.0799 e. The molecule has 2 nitrogen and oxygen atoms in total. The van der Waals surface area contributed by atoms with Gasteiger partial charge in [0.05, 0.1) is 8.07 Å². The molecule has 3 aromatic heterocycles. The molecule has 0 aliphatic carbocycles. The van der Waals surface area contributed by atoms with Crippen LogP contribution in [0, 0.1) is 12.1 Å². The number of hydrogen-bond acceptors (Lipinski definition) is 3. The fourth-order valence-corrected chi connectivity index (χ4v) is 8.45. The number of thiophene rings is 1. The van der Waals surface area contributed by atoms with Crippen LogP contribution in [0.4, 0.5) is 0 Å². The third-order valence-corrected chi connectivity index (χ3v) is 11.0. The molecule has 45 heavy (non-hydrogen) atoms. The molecule has 0 N–H and O–H groups in total. The summed E-state index contributed by atoms with van der Waals surface area (Å²) in [6.07, 6.45) is 3.93. The van der Waals surface area contributed by atoms with Crippen molar-refractivity contribution in [1.29, 1.82) is 0 Å². The van der Waals surface area contributed by atoms with Gasteiger partial charge in [-0.05, 0) is 55.8 Å². The monoisotopic (exact) mass is 797 g/mol. The second kappa shape index (κ2) is 14.1. The number of rotatable bonds is 5. The zero-order valence-electron chi connectivity index (χ0n) is 26.3. The summed E-state index contributed by atoms with van der Waals surface area (Å²) in [6.45, 7) is 11.7. The Kier molecular flexibility index (Phi) is 10.3. The first-order chi connectivity index (χ1) is 21.3. The zero-order chi connectivity index (χ0) is 30.7. The van der Waals surface area contributed by atoms with Crippen molar-refractivity contribution in [2.75, 3.05) is 0 Å². The van der Waals surface area contributed by atoms with E-state index in [0.29, 0.717) is 5.92 Å². The van der Waals surface area contributed by atoms with Crippen molar-refractivity contribution in [2.45, 2.75) is 39.4 Å². The van der Waals surface area contributed by atoms with E-state index in [9.17, 15) is 0 Å². The molecule has 0 aliphatic heterocycles. The van der Waals surface area contributed by atoms with Crippen LogP contribution in [0.15, 0.2) is 122 Å². The number of hydrogen-bond donors (Lipinski definition) is 0. The summed E-state index contributed by atoms with van der Waals surface area (Å²) in [5, 5.41) is 4.05. The van der Waals surface area contributed by atoms with E-state index >= 15 is 0 Å². The van der Waals surface area contributed by atoms with E-state index in [4.69, 9.17) is 0 Å². The van der Waals surface area contributed by atoms with Crippen molar-refractivity contribution in [3.05, 3.63) is 139 Å². The molecule has 0 saturated carbocycles. The van der Waals surface area contributed by atoms with Crippen LogP contribution in [-0.4, -0.2) is 18.0 Å². The Morgan fingerprint density at radius 1 is 0.689 bits per heavy atom. The first kappa shape index (κ1) is 32.7. The summed E-state index contributed by atoms with van der Waals surface area (Å²) in [5.74, 6) is 0.534. The molecule has 4 aromatic carbocycles. The second-order valence-corrected chi connectivity index (χ2v) is 18.4. The van der Waals surface area contributed by atoms with Gasteiger partial charge in [-0.1, -0.05) is 105 Å². The summed E-state index contributed by atoms with van der Waals surface area (Å²) in [7, 11) is -1.34. The van der Waals surface area contributed by atoms with Gasteiger partial charge in [-0.3, -0.25) is 0 Å². The van der Waals surface area contributed by atoms with Gasteiger partial charge in [0.1, 0.15) is 0 Å². The van der Waals surface area contributed by atoms with Gasteiger partial charge in [0.25, 0.3) is 0 Å². The van der Waals surface area contributed by atoms with Crippen LogP contribution in [-0.2, 0) is 20.1 Å². The van der Waals surface area contributed by atoms with Crippen LogP contribution in [0.3, 0.4) is 0 Å². The molecule has 7 rings (SSSR count). The third-order valence-electron chi connectivity index (χ3n) is 7.81. The number of benzene rings is 4. The fraction of sp³-hybridized carbons (Fsp3) is 0.150. The number of pyridine rings is 2. The zero-order valence-corrected chi connectivity index (χ0v) is 30.5. The Labute approximate surface area is 285 Å². The summed E-state index contributed by atoms with van der Waals surface area (Å²) in [6, 6.07) is 44.4. The Morgan fingerprint density at radius 2 is 1.47 bits per heavy atom. The van der Waals surface area contributed by atoms with Gasteiger partial charge in [-0.15, -0.1) is 59.7 Å². The minimum absolute atomic E-state index is 0. The standard InChI is InChI=1S/C23H14NS.C17H22NSi.Ir/c1-2-7-16(8-3-1)17-12-13-18-19-9-6-10-20(21-11-4-5-14-24-21)23(19)25-22(18)15-17;1-13(2)15-11-16(14-9-7-6-8-10-14)18-12-17(15)19(3,4)5;/h1-9,11-15H;6-9,11-13H,1-5H3;/q2*-1;. The SMILES string of the molecule is CC(C)c1cc(-c2[c-]cccc2)ncc1[Si](C)(C)C.[Ir].[c-]1ccc2c(sc3cc(-c4ccccc4)ccc32)c1-c1ccccn1. The van der Waals surface area contributed by atoms with Crippen molar-refractivity contribution < 1.29 is 20.1 Å². The molecule has 0 amide bonds. The van der Waals surface area contributed by atoms with Gasteiger partial charge in [0.2, 0.25) is 0 Å². The average molecular weight is 797 g/mol. The van der Waals surface area contributed by atoms with Gasteiger partial charge in [0.15, 0.2) is 0 Å². The van der Waals surface area contributed by atoms with Crippen LogP contribution < -0.4 is 5.19 Å². The van der Waals surface area contributed by atoms with Gasteiger partial charge in [0, 0.05) is 37.2 Å². The maximum atomic E-state index is 4.66. The topological polar surface area (TPSA) is 25.8 Å². The van der Waals surface area contributed by atoms with E-state index in [0.717, 1.165) is 22.5 Å². The summed E-state index contributed by atoms with van der Waals surface area (Å²) in [5.41, 5.74) is 8.11. The second-order valence-electron chi connectivity index (χ2n) is 12.3. The number of nitrogens with zero attached hydrogens (tertiary/aromatic N) is 2. The average Bonchev–Trinajstić information content (AvgIpc) is 3.44. The van der Waals surface area contributed by atoms with E-state index in [1.807, 2.05) is 60.0 Å². The van der Waals surface area contributed by atoms with Gasteiger partial charge in [-0.25, -0.2) is 0 Å². The van der Waals surface area contributed by atoms with Crippen LogP contribution in [0.2, 0.25) is 19.6 Å². The Morgan fingerprint density at radius 3 is 2.16 bits per heavy atom. The first-order valence-corrected chi connectivity index (χ1v) is 19.4. The largest absolute Gasteiger partial charge is 0.305 e. The summed E-state index contributed by atoms with van der Waals surface area (Å²) >= 11 is 1.82. The normalized spacial score (nSPS) is 11.2. The predicted molar refractivity (Wildman–Crippen MR) is 192 cm³/mol. The summed E-state index contributed by atoms with van der Waals surface area (Å²) < 4.78 is 2.55. The van der Waals surface area contributed by atoms with Crippen LogP contribution >= 0.6 is 11.3 Å². The molecular weight excluding hydrogens is 761 g/mol. The van der Waals surface area contributed by atoms with E-state index in [2.05, 4.69) is 129 Å². The predicted octanol–water partition coefficient (Wildman–Crippen LogP) is 10.8. The number of aromatic nitrogens is 2. The molecule has 5 heteroatoms. The van der Waals surface area contributed by atoms with E-state index in [1.165, 1.54) is 42.0 Å². The van der Waals surface area contributed by atoms with Crippen molar-refractivity contribution in [2.24, 2.45) is 0 Å². The van der Waals surface area contributed by atoms with E-state index in [-0.39, 0.29) is 20.1 Å². The molecule has 0 atom stereocenters. The minimum atomic E-state index is -1.34. The van der Waals surface area contributed by atoms with Gasteiger partial charge >= 0.3 is 0 Å². The molecular formula is C40H36IrN2SSi-2. The Hall–Kier alpha value is -3.73. The molecule has 0 aliphatic rings. The van der Waals surface area contributed by atoms with Crippen LogP contribution in [0.5, 0.6) is 0 Å². The molecule has 227 valence electrons. The molecule has 0 saturated heterocycles. The quantitative estimate of drug-likeness (QED) is 0.128. The molecule has 0 bridgehead atoms. The summed E-state index contributed by atoms with van der Waals surface area (Å²) in [4.78, 5) is 9.17. The van der Waals surface area contributed by atoms with Crippen molar-refractivity contribution in [3.8, 4) is 33.6 Å². The van der Waals surface area contributed by atoms with Crippen molar-refractivity contribution >= 4 is 44.8 Å². The van der Waals surface area contributed by atoms with E-state index in [1.54, 1.807) is 0 Å². The maximum absolute atomic E-state index is 4.66. The fourth-order valence-electron chi connectivity index (χ4n) is 5.53. The van der Waals surface area contributed by atoms with Gasteiger partial charge in [-0.2, -0.15) is 11.3 Å². The molecule has 3 heterocycles. The maximum Gasteiger partial charge on any atom is 0.0799 e. The molecule has 1 radical (unpaired) electrons. The first-order valence-electron chi connectivity index (χ1n) is 15.1. The Bertz CT molecular complexity index is 2020. The van der Waals surface area contributed by atoms with Crippen LogP contribution in [0.25, 0.3) is 53.8 Å². The molecule has 0 fully saturated rings. The number of fused-ring (bicyclic) bond motifs is 3. The minimum Gasteiger partial charge on any atom is -0.305 e. The third kappa shape index (κ3) is 7.24. The van der Waals surface area contributed by atoms with E-state index < -0.39 is 8.07 Å². The molecule has 0 spiro atoms. The van der Waals surface area contributed by atoms with Crippen molar-refractivity contribution in [3.63, 3.8) is 0 Å². The van der Waals surface area contributed by atoms with Crippen molar-refractivity contribution in [1.82, 2.24) is 9.97 Å². The molecule has 0 unspecified atom stereocenters. The molecule has 7 aromatic rings. The Balaban J connectivity index is 0.000000181. The van der Waals surface area contributed by atoms with Crippen LogP contribution in [0.1, 0.15) is 25.3 Å². The van der Waals surface area contributed by atoms with Gasteiger partial charge < -0.3 is 9.97 Å².